The summed E-state index contributed by atoms with van der Waals surface area (Å²) >= 11 is 0. The molecule has 1 saturated heterocycles. The minimum Gasteiger partial charge on any atom is -0.309 e. The Bertz CT molecular complexity index is 501. The molecule has 0 aromatic heterocycles. The van der Waals surface area contributed by atoms with E-state index in [0.29, 0.717) is 12.0 Å². The Morgan fingerprint density at radius 2 is 1.61 bits per heavy atom. The van der Waals surface area contributed by atoms with E-state index in [2.05, 4.69) is 66.8 Å². The van der Waals surface area contributed by atoms with E-state index in [1.165, 1.54) is 23.1 Å². The molecule has 1 aliphatic rings. The fraction of sp³-hybridized carbons (Fsp3) is 0.294. The first kappa shape index (κ1) is 11.5. The average Bonchev–Trinajstić information content (AvgIpc) is 2.90. The fourth-order valence-electron chi connectivity index (χ4n) is 2.89. The van der Waals surface area contributed by atoms with Gasteiger partial charge in [0.25, 0.3) is 0 Å². The van der Waals surface area contributed by atoms with Gasteiger partial charge in [-0.2, -0.15) is 0 Å². The van der Waals surface area contributed by atoms with Gasteiger partial charge in [0.15, 0.2) is 0 Å². The zero-order valence-electron chi connectivity index (χ0n) is 10.8. The molecule has 2 unspecified atom stereocenters. The largest absolute Gasteiger partial charge is 0.309 e. The first-order chi connectivity index (χ1) is 8.84. The third kappa shape index (κ3) is 2.19. The maximum Gasteiger partial charge on any atom is 0.0390 e. The molecule has 1 fully saturated rings. The molecular formula is C17H19N. The minimum atomic E-state index is 0.466. The van der Waals surface area contributed by atoms with Crippen LogP contribution in [0.4, 0.5) is 0 Å². The molecule has 0 amide bonds. The normalized spacial score (nSPS) is 23.2. The summed E-state index contributed by atoms with van der Waals surface area (Å²) in [7, 11) is 0. The molecule has 0 spiro atoms. The van der Waals surface area contributed by atoms with Crippen LogP contribution in [-0.4, -0.2) is 6.54 Å². The fourth-order valence-corrected chi connectivity index (χ4v) is 2.89. The second kappa shape index (κ2) is 4.95. The molecule has 1 heterocycles. The van der Waals surface area contributed by atoms with Crippen molar-refractivity contribution < 1.29 is 0 Å². The van der Waals surface area contributed by atoms with Gasteiger partial charge in [0.2, 0.25) is 0 Å². The van der Waals surface area contributed by atoms with Crippen molar-refractivity contribution in [3.8, 4) is 0 Å². The molecule has 0 saturated carbocycles. The van der Waals surface area contributed by atoms with E-state index in [1.54, 1.807) is 0 Å². The first-order valence-corrected chi connectivity index (χ1v) is 6.69. The second-order valence-electron chi connectivity index (χ2n) is 5.15. The van der Waals surface area contributed by atoms with Crippen molar-refractivity contribution in [1.29, 1.82) is 0 Å². The number of nitrogens with one attached hydrogen (secondary N) is 1. The van der Waals surface area contributed by atoms with Crippen molar-refractivity contribution in [2.24, 2.45) is 0 Å². The summed E-state index contributed by atoms with van der Waals surface area (Å²) in [5.41, 5.74) is 4.19. The Balaban J connectivity index is 1.90. The Morgan fingerprint density at radius 1 is 0.889 bits per heavy atom. The third-order valence-electron chi connectivity index (χ3n) is 3.89. The van der Waals surface area contributed by atoms with E-state index in [0.717, 1.165) is 6.54 Å². The summed E-state index contributed by atoms with van der Waals surface area (Å²) < 4.78 is 0. The highest BCUT2D eigenvalue weighted by atomic mass is 15.0. The molecule has 1 N–H and O–H groups in total. The highest BCUT2D eigenvalue weighted by Gasteiger charge is 2.28. The molecule has 18 heavy (non-hydrogen) atoms. The Labute approximate surface area is 109 Å². The highest BCUT2D eigenvalue weighted by molar-refractivity contribution is 5.31. The SMILES string of the molecule is Cc1ccc(C2NCCC2c2ccccc2)cc1. The quantitative estimate of drug-likeness (QED) is 0.837. The van der Waals surface area contributed by atoms with Gasteiger partial charge in [-0.1, -0.05) is 60.2 Å². The van der Waals surface area contributed by atoms with Crippen molar-refractivity contribution in [3.05, 3.63) is 71.3 Å². The molecule has 2 aromatic rings. The highest BCUT2D eigenvalue weighted by Crippen LogP contribution is 2.37. The lowest BCUT2D eigenvalue weighted by Crippen LogP contribution is -2.16. The Morgan fingerprint density at radius 3 is 2.33 bits per heavy atom. The predicted molar refractivity (Wildman–Crippen MR) is 75.7 cm³/mol. The molecule has 3 rings (SSSR count). The zero-order chi connectivity index (χ0) is 12.4. The van der Waals surface area contributed by atoms with Gasteiger partial charge < -0.3 is 5.32 Å². The van der Waals surface area contributed by atoms with Crippen LogP contribution < -0.4 is 5.32 Å². The summed E-state index contributed by atoms with van der Waals surface area (Å²) in [6.07, 6.45) is 1.22. The van der Waals surface area contributed by atoms with E-state index >= 15 is 0 Å². The van der Waals surface area contributed by atoms with Gasteiger partial charge in [-0.25, -0.2) is 0 Å². The molecule has 1 aliphatic heterocycles. The summed E-state index contributed by atoms with van der Waals surface area (Å²) in [5, 5.41) is 3.64. The van der Waals surface area contributed by atoms with Gasteiger partial charge in [0.1, 0.15) is 0 Å². The molecule has 1 heteroatoms. The van der Waals surface area contributed by atoms with Gasteiger partial charge in [-0.05, 0) is 31.0 Å². The minimum absolute atomic E-state index is 0.466. The molecule has 0 aliphatic carbocycles. The molecule has 2 atom stereocenters. The van der Waals surface area contributed by atoms with Crippen LogP contribution in [0.25, 0.3) is 0 Å². The van der Waals surface area contributed by atoms with Crippen LogP contribution in [0, 0.1) is 6.92 Å². The summed E-state index contributed by atoms with van der Waals surface area (Å²) in [4.78, 5) is 0. The number of rotatable bonds is 2. The Kier molecular flexibility index (Phi) is 3.16. The lowest BCUT2D eigenvalue weighted by molar-refractivity contribution is 0.578. The second-order valence-corrected chi connectivity index (χ2v) is 5.15. The smallest absolute Gasteiger partial charge is 0.0390 e. The number of benzene rings is 2. The third-order valence-corrected chi connectivity index (χ3v) is 3.89. The van der Waals surface area contributed by atoms with E-state index in [4.69, 9.17) is 0 Å². The van der Waals surface area contributed by atoms with Crippen molar-refractivity contribution in [3.63, 3.8) is 0 Å². The van der Waals surface area contributed by atoms with Crippen LogP contribution in [0.2, 0.25) is 0 Å². The van der Waals surface area contributed by atoms with Gasteiger partial charge in [0, 0.05) is 12.0 Å². The van der Waals surface area contributed by atoms with Crippen molar-refractivity contribution in [1.82, 2.24) is 5.32 Å². The molecule has 92 valence electrons. The molecule has 2 aromatic carbocycles. The average molecular weight is 237 g/mol. The topological polar surface area (TPSA) is 12.0 Å². The lowest BCUT2D eigenvalue weighted by atomic mass is 9.88. The van der Waals surface area contributed by atoms with Crippen LogP contribution in [-0.2, 0) is 0 Å². The van der Waals surface area contributed by atoms with Crippen molar-refractivity contribution in [2.75, 3.05) is 6.54 Å². The Hall–Kier alpha value is -1.60. The van der Waals surface area contributed by atoms with E-state index in [1.807, 2.05) is 0 Å². The van der Waals surface area contributed by atoms with E-state index in [9.17, 15) is 0 Å². The number of hydrogen-bond donors (Lipinski definition) is 1. The van der Waals surface area contributed by atoms with Crippen molar-refractivity contribution in [2.45, 2.75) is 25.3 Å². The van der Waals surface area contributed by atoms with E-state index < -0.39 is 0 Å². The van der Waals surface area contributed by atoms with Gasteiger partial charge in [-0.3, -0.25) is 0 Å². The maximum absolute atomic E-state index is 3.64. The summed E-state index contributed by atoms with van der Waals surface area (Å²) in [6, 6.07) is 20.3. The number of aryl methyl sites for hydroxylation is 1. The number of hydrogen-bond acceptors (Lipinski definition) is 1. The predicted octanol–water partition coefficient (Wildman–Crippen LogP) is 3.81. The van der Waals surface area contributed by atoms with Gasteiger partial charge in [-0.15, -0.1) is 0 Å². The first-order valence-electron chi connectivity index (χ1n) is 6.69. The summed E-state index contributed by atoms with van der Waals surface area (Å²) in [6.45, 7) is 3.25. The standard InChI is InChI=1S/C17H19N/c1-13-7-9-15(10-8-13)17-16(11-12-18-17)14-5-3-2-4-6-14/h2-10,16-18H,11-12H2,1H3. The van der Waals surface area contributed by atoms with E-state index in [-0.39, 0.29) is 0 Å². The maximum atomic E-state index is 3.64. The van der Waals surface area contributed by atoms with Crippen LogP contribution >= 0.6 is 0 Å². The molecule has 0 radical (unpaired) electrons. The van der Waals surface area contributed by atoms with Gasteiger partial charge >= 0.3 is 0 Å². The van der Waals surface area contributed by atoms with Gasteiger partial charge in [0.05, 0.1) is 0 Å². The van der Waals surface area contributed by atoms with Crippen LogP contribution in [0.15, 0.2) is 54.6 Å². The molecule has 1 nitrogen and oxygen atoms in total. The monoisotopic (exact) mass is 237 g/mol. The molecule has 0 bridgehead atoms. The van der Waals surface area contributed by atoms with Crippen LogP contribution in [0.5, 0.6) is 0 Å². The summed E-state index contributed by atoms with van der Waals surface area (Å²) in [5.74, 6) is 0.605. The van der Waals surface area contributed by atoms with Crippen molar-refractivity contribution >= 4 is 0 Å². The molecular weight excluding hydrogens is 218 g/mol. The lowest BCUT2D eigenvalue weighted by Gasteiger charge is -2.20. The van der Waals surface area contributed by atoms with Crippen LogP contribution in [0.3, 0.4) is 0 Å². The zero-order valence-corrected chi connectivity index (χ0v) is 10.8. The van der Waals surface area contributed by atoms with Crippen LogP contribution in [0.1, 0.15) is 35.1 Å².